The zero-order chi connectivity index (χ0) is 24.9. The first-order chi connectivity index (χ1) is 17.1. The Kier molecular flexibility index (Phi) is 9.83. The number of methoxy groups -OCH3 is 1. The van der Waals surface area contributed by atoms with E-state index >= 15 is 0 Å². The number of rotatable bonds is 11. The molecule has 0 heterocycles. The molecular weight excluding hydrogens is 458 g/mol. The highest BCUT2D eigenvalue weighted by atomic mass is 28.4. The third-order valence-corrected chi connectivity index (χ3v) is 9.60. The van der Waals surface area contributed by atoms with Crippen molar-refractivity contribution < 1.29 is 23.5 Å². The largest absolute Gasteiger partial charge is 0.467 e. The molecule has 3 aromatic carbocycles. The predicted octanol–water partition coefficient (Wildman–Crippen LogP) is 3.81. The summed E-state index contributed by atoms with van der Waals surface area (Å²) in [6, 6.07) is 29.9. The number of hydrogen-bond acceptors (Lipinski definition) is 5. The smallest absolute Gasteiger partial charge is 0.407 e. The number of alkyl carbamates (subject to hydrolysis) is 1. The van der Waals surface area contributed by atoms with Crippen molar-refractivity contribution in [3.63, 3.8) is 0 Å². The first-order valence-electron chi connectivity index (χ1n) is 11.5. The van der Waals surface area contributed by atoms with Gasteiger partial charge in [0.1, 0.15) is 6.61 Å². The molecule has 0 aromatic heterocycles. The fourth-order valence-electron chi connectivity index (χ4n) is 3.78. The Bertz CT molecular complexity index is 1050. The van der Waals surface area contributed by atoms with Gasteiger partial charge in [-0.15, -0.1) is 0 Å². The van der Waals surface area contributed by atoms with E-state index in [1.54, 1.807) is 0 Å². The van der Waals surface area contributed by atoms with Crippen LogP contribution in [-0.4, -0.2) is 40.1 Å². The number of benzene rings is 3. The highest BCUT2D eigenvalue weighted by Crippen LogP contribution is 2.18. The number of allylic oxidation sites excluding steroid dienone is 2. The van der Waals surface area contributed by atoms with Crippen LogP contribution < -0.4 is 15.7 Å². The molecule has 0 saturated carbocycles. The molecule has 1 amide bonds. The van der Waals surface area contributed by atoms with Crippen LogP contribution in [0.2, 0.25) is 6.04 Å². The number of nitrogens with one attached hydrogen (secondary N) is 1. The van der Waals surface area contributed by atoms with Gasteiger partial charge < -0.3 is 19.2 Å². The zero-order valence-corrected chi connectivity index (χ0v) is 21.1. The lowest BCUT2D eigenvalue weighted by Crippen LogP contribution is -2.63. The first-order valence-corrected chi connectivity index (χ1v) is 13.6. The van der Waals surface area contributed by atoms with Gasteiger partial charge >= 0.3 is 12.1 Å². The number of ether oxygens (including phenoxy) is 2. The predicted molar refractivity (Wildman–Crippen MR) is 139 cm³/mol. The summed E-state index contributed by atoms with van der Waals surface area (Å²) in [7, 11) is -1.62. The molecule has 0 fully saturated rings. The van der Waals surface area contributed by atoms with E-state index in [4.69, 9.17) is 13.9 Å². The van der Waals surface area contributed by atoms with E-state index in [1.807, 2.05) is 104 Å². The normalized spacial score (nSPS) is 12.2. The van der Waals surface area contributed by atoms with Crippen molar-refractivity contribution in [2.45, 2.75) is 25.7 Å². The maximum absolute atomic E-state index is 12.8. The zero-order valence-electron chi connectivity index (χ0n) is 20.1. The van der Waals surface area contributed by atoms with Crippen LogP contribution in [0.3, 0.4) is 0 Å². The molecule has 0 aliphatic carbocycles. The summed E-state index contributed by atoms with van der Waals surface area (Å²) in [4.78, 5) is 25.2. The van der Waals surface area contributed by atoms with Crippen molar-refractivity contribution in [2.75, 3.05) is 13.7 Å². The molecule has 182 valence electrons. The average molecular weight is 490 g/mol. The molecule has 3 aromatic rings. The van der Waals surface area contributed by atoms with Gasteiger partial charge in [0.25, 0.3) is 8.32 Å². The van der Waals surface area contributed by atoms with Crippen molar-refractivity contribution in [2.24, 2.45) is 0 Å². The molecule has 0 aliphatic heterocycles. The topological polar surface area (TPSA) is 73.9 Å². The summed E-state index contributed by atoms with van der Waals surface area (Å²) >= 11 is 0. The Hall–Kier alpha value is -3.68. The second-order valence-corrected chi connectivity index (χ2v) is 11.4. The number of carbonyl (C=O) groups excluding carboxylic acids is 2. The van der Waals surface area contributed by atoms with Crippen LogP contribution in [0.1, 0.15) is 12.5 Å². The maximum Gasteiger partial charge on any atom is 0.407 e. The van der Waals surface area contributed by atoms with Gasteiger partial charge in [-0.3, -0.25) is 0 Å². The van der Waals surface area contributed by atoms with Crippen LogP contribution in [-0.2, 0) is 25.3 Å². The summed E-state index contributed by atoms with van der Waals surface area (Å²) < 4.78 is 17.1. The van der Waals surface area contributed by atoms with Gasteiger partial charge in [-0.2, -0.15) is 0 Å². The van der Waals surface area contributed by atoms with Gasteiger partial charge in [0.15, 0.2) is 6.10 Å². The first kappa shape index (κ1) is 25.9. The minimum Gasteiger partial charge on any atom is -0.467 e. The van der Waals surface area contributed by atoms with Crippen LogP contribution in [0.4, 0.5) is 4.79 Å². The van der Waals surface area contributed by atoms with Crippen LogP contribution >= 0.6 is 0 Å². The van der Waals surface area contributed by atoms with Crippen molar-refractivity contribution in [3.05, 3.63) is 109 Å². The van der Waals surface area contributed by atoms with Gasteiger partial charge in [0.2, 0.25) is 0 Å². The van der Waals surface area contributed by atoms with E-state index < -0.39 is 26.5 Å². The third kappa shape index (κ3) is 7.15. The summed E-state index contributed by atoms with van der Waals surface area (Å²) in [6.07, 6.45) is 2.39. The molecule has 0 radical (unpaired) electrons. The second-order valence-electron chi connectivity index (χ2n) is 7.90. The lowest BCUT2D eigenvalue weighted by atomic mass is 10.2. The van der Waals surface area contributed by atoms with E-state index in [-0.39, 0.29) is 13.2 Å². The van der Waals surface area contributed by atoms with Crippen molar-refractivity contribution in [1.82, 2.24) is 5.32 Å². The van der Waals surface area contributed by atoms with E-state index in [9.17, 15) is 9.59 Å². The molecule has 6 nitrogen and oxygen atoms in total. The quantitative estimate of drug-likeness (QED) is 0.252. The van der Waals surface area contributed by atoms with E-state index in [1.165, 1.54) is 7.11 Å². The van der Waals surface area contributed by atoms with Crippen LogP contribution in [0.15, 0.2) is 103 Å². The minimum atomic E-state index is -2.93. The Morgan fingerprint density at radius 2 is 1.43 bits per heavy atom. The fraction of sp³-hybridized carbons (Fsp3) is 0.214. The molecule has 7 heteroatoms. The average Bonchev–Trinajstić information content (AvgIpc) is 2.93. The summed E-state index contributed by atoms with van der Waals surface area (Å²) in [5.41, 5.74) is 0.870. The molecular formula is C28H31NO5Si. The molecule has 1 atom stereocenters. The lowest BCUT2D eigenvalue weighted by molar-refractivity contribution is -0.148. The lowest BCUT2D eigenvalue weighted by Gasteiger charge is -2.34. The molecule has 0 bridgehead atoms. The van der Waals surface area contributed by atoms with E-state index in [0.29, 0.717) is 6.04 Å². The van der Waals surface area contributed by atoms with E-state index in [2.05, 4.69) is 11.4 Å². The highest BCUT2D eigenvalue weighted by Gasteiger charge is 2.42. The van der Waals surface area contributed by atoms with Gasteiger partial charge in [0, 0.05) is 0 Å². The Morgan fingerprint density at radius 3 is 1.94 bits per heavy atom. The van der Waals surface area contributed by atoms with Crippen molar-refractivity contribution in [1.29, 1.82) is 0 Å². The number of carbonyl (C=O) groups is 2. The molecule has 35 heavy (non-hydrogen) atoms. The Morgan fingerprint density at radius 1 is 0.886 bits per heavy atom. The van der Waals surface area contributed by atoms with Crippen LogP contribution in [0.25, 0.3) is 0 Å². The Labute approximate surface area is 207 Å². The molecule has 0 aliphatic rings. The molecule has 3 rings (SSSR count). The van der Waals surface area contributed by atoms with Gasteiger partial charge in [-0.25, -0.2) is 9.59 Å². The van der Waals surface area contributed by atoms with E-state index in [0.717, 1.165) is 15.9 Å². The van der Waals surface area contributed by atoms with Gasteiger partial charge in [-0.05, 0) is 28.9 Å². The Balaban J connectivity index is 1.85. The molecule has 1 N–H and O–H groups in total. The fourth-order valence-corrected chi connectivity index (χ4v) is 7.65. The molecule has 0 saturated heterocycles. The van der Waals surface area contributed by atoms with Crippen LogP contribution in [0.5, 0.6) is 0 Å². The molecule has 0 spiro atoms. The standard InChI is InChI=1S/C28H31NO5Si/c1-3-4-20-35(24-16-10-6-11-17-24,25-18-12-7-13-19-25)34-26(27(30)32-2)21-29-28(31)33-22-23-14-8-5-9-15-23/h3-19,26H,20-22H2,1-2H3,(H,29,31)/b4-3+/t26-/m0/s1. The number of esters is 1. The highest BCUT2D eigenvalue weighted by molar-refractivity contribution is 6.97. The number of amides is 1. The SMILES string of the molecule is C/C=C/C[Si](O[C@@H](CNC(=O)OCc1ccccc1)C(=O)OC)(c1ccccc1)c1ccccc1. The molecule has 0 unspecified atom stereocenters. The maximum atomic E-state index is 12.8. The number of hydrogen-bond donors (Lipinski definition) is 1. The third-order valence-electron chi connectivity index (χ3n) is 5.57. The summed E-state index contributed by atoms with van der Waals surface area (Å²) in [5, 5.41) is 4.70. The minimum absolute atomic E-state index is 0.0788. The van der Waals surface area contributed by atoms with Crippen molar-refractivity contribution in [3.8, 4) is 0 Å². The van der Waals surface area contributed by atoms with Gasteiger partial charge in [0.05, 0.1) is 13.7 Å². The monoisotopic (exact) mass is 489 g/mol. The van der Waals surface area contributed by atoms with Crippen molar-refractivity contribution >= 4 is 30.8 Å². The summed E-state index contributed by atoms with van der Waals surface area (Å²) in [5.74, 6) is -0.558. The van der Waals surface area contributed by atoms with Gasteiger partial charge in [-0.1, -0.05) is 103 Å². The summed E-state index contributed by atoms with van der Waals surface area (Å²) in [6.45, 7) is 2.01. The van der Waals surface area contributed by atoms with Crippen LogP contribution in [0, 0.1) is 0 Å². The second kappa shape index (κ2) is 13.3.